The molecule has 4 heteroatoms. The van der Waals surface area contributed by atoms with Crippen molar-refractivity contribution in [3.05, 3.63) is 35.5 Å². The van der Waals surface area contributed by atoms with Crippen LogP contribution in [0.25, 0.3) is 0 Å². The minimum Gasteiger partial charge on any atom is -0.413 e. The first-order chi connectivity index (χ1) is 15.7. The molecule has 0 aromatic carbocycles. The third kappa shape index (κ3) is 6.75. The quantitative estimate of drug-likeness (QED) is 0.346. The van der Waals surface area contributed by atoms with Crippen molar-refractivity contribution in [1.29, 1.82) is 0 Å². The fourth-order valence-electron chi connectivity index (χ4n) is 7.61. The van der Waals surface area contributed by atoms with Gasteiger partial charge in [-0.3, -0.25) is 0 Å². The van der Waals surface area contributed by atoms with E-state index in [1.54, 1.807) is 5.57 Å². The topological polar surface area (TPSA) is 49.7 Å². The molecule has 3 rings (SSSR count). The molecule has 3 saturated carbocycles. The number of fused-ring (bicyclic) bond motifs is 1. The van der Waals surface area contributed by atoms with Crippen molar-refractivity contribution in [2.75, 3.05) is 0 Å². The molecule has 34 heavy (non-hydrogen) atoms. The number of hydrogen-bond donors (Lipinski definition) is 2. The highest BCUT2D eigenvalue weighted by Gasteiger charge is 2.50. The summed E-state index contributed by atoms with van der Waals surface area (Å²) < 4.78 is 6.44. The smallest absolute Gasteiger partial charge is 0.184 e. The van der Waals surface area contributed by atoms with E-state index in [0.29, 0.717) is 24.2 Å². The van der Waals surface area contributed by atoms with Crippen LogP contribution < -0.4 is 0 Å². The molecule has 6 atom stereocenters. The first-order valence-electron chi connectivity index (χ1n) is 13.9. The van der Waals surface area contributed by atoms with Gasteiger partial charge in [0.25, 0.3) is 0 Å². The van der Waals surface area contributed by atoms with Crippen molar-refractivity contribution < 1.29 is 14.6 Å². The number of aliphatic hydroxyl groups is 2. The van der Waals surface area contributed by atoms with E-state index in [1.807, 2.05) is 0 Å². The summed E-state index contributed by atoms with van der Waals surface area (Å²) in [5, 5.41) is 20.3. The monoisotopic (exact) mass is 488 g/mol. The molecular weight excluding hydrogens is 436 g/mol. The predicted molar refractivity (Wildman–Crippen MR) is 146 cm³/mol. The molecule has 0 aromatic heterocycles. The summed E-state index contributed by atoms with van der Waals surface area (Å²) >= 11 is 0. The normalized spacial score (nSPS) is 36.2. The lowest BCUT2D eigenvalue weighted by molar-refractivity contribution is 0.0734. The Morgan fingerprint density at radius 3 is 2.59 bits per heavy atom. The second kappa shape index (κ2) is 10.7. The van der Waals surface area contributed by atoms with Gasteiger partial charge in [0.15, 0.2) is 8.32 Å². The van der Waals surface area contributed by atoms with E-state index in [2.05, 4.69) is 66.1 Å². The minimum atomic E-state index is -1.52. The van der Waals surface area contributed by atoms with Crippen LogP contribution in [0.2, 0.25) is 19.6 Å². The van der Waals surface area contributed by atoms with Gasteiger partial charge < -0.3 is 14.6 Å². The molecule has 0 spiro atoms. The molecule has 0 radical (unpaired) electrons. The Kier molecular flexibility index (Phi) is 8.81. The second-order valence-electron chi connectivity index (χ2n) is 13.5. The van der Waals surface area contributed by atoms with Gasteiger partial charge in [-0.05, 0) is 113 Å². The molecule has 0 unspecified atom stereocenters. The second-order valence-corrected chi connectivity index (χ2v) is 17.9. The van der Waals surface area contributed by atoms with E-state index in [1.165, 1.54) is 44.9 Å². The van der Waals surface area contributed by atoms with Crippen LogP contribution in [0, 0.1) is 23.2 Å². The van der Waals surface area contributed by atoms with Crippen LogP contribution in [-0.4, -0.2) is 36.3 Å². The summed E-state index contributed by atoms with van der Waals surface area (Å²) in [7, 11) is -1.52. The van der Waals surface area contributed by atoms with E-state index in [4.69, 9.17) is 4.43 Å². The average Bonchev–Trinajstić information content (AvgIpc) is 3.05. The molecule has 3 fully saturated rings. The van der Waals surface area contributed by atoms with Crippen LogP contribution in [0.3, 0.4) is 0 Å². The third-order valence-corrected chi connectivity index (χ3v) is 10.2. The molecule has 3 aliphatic carbocycles. The highest BCUT2D eigenvalue weighted by Crippen LogP contribution is 2.60. The first kappa shape index (κ1) is 27.9. The maximum absolute atomic E-state index is 10.2. The van der Waals surface area contributed by atoms with Crippen LogP contribution in [-0.2, 0) is 4.43 Å². The number of hydrogen-bond acceptors (Lipinski definition) is 3. The highest BCUT2D eigenvalue weighted by molar-refractivity contribution is 6.69. The van der Waals surface area contributed by atoms with Crippen molar-refractivity contribution in [1.82, 2.24) is 0 Å². The standard InChI is InChI=1S/C30H52O3Si/c1-21(11-9-17-29(3,4)33-34(6,7)8)26-15-16-27-23(12-10-18-30(26,27)5)13-14-24-19-25(31)20-28(32)22(24)2/h13-14,21,25-28,31-32H,2,9-12,15-20H2,1,3-8H3/b23-13+,24-14+/t21-,25-,26-,27+,28+,30-/m1/s1. The first-order valence-corrected chi connectivity index (χ1v) is 17.3. The van der Waals surface area contributed by atoms with Crippen molar-refractivity contribution in [3.63, 3.8) is 0 Å². The molecule has 0 bridgehead atoms. The summed E-state index contributed by atoms with van der Waals surface area (Å²) in [6, 6.07) is 0. The van der Waals surface area contributed by atoms with Crippen molar-refractivity contribution in [2.24, 2.45) is 23.2 Å². The lowest BCUT2D eigenvalue weighted by atomic mass is 9.60. The molecule has 0 saturated heterocycles. The summed E-state index contributed by atoms with van der Waals surface area (Å²) in [5.74, 6) is 2.21. The predicted octanol–water partition coefficient (Wildman–Crippen LogP) is 7.56. The van der Waals surface area contributed by atoms with Gasteiger partial charge in [0, 0.05) is 6.42 Å². The maximum atomic E-state index is 10.2. The largest absolute Gasteiger partial charge is 0.413 e. The molecule has 0 aromatic rings. The molecule has 3 aliphatic rings. The Balaban J connectivity index is 1.64. The third-order valence-electron chi connectivity index (χ3n) is 9.01. The molecule has 194 valence electrons. The van der Waals surface area contributed by atoms with Crippen LogP contribution in [0.1, 0.15) is 91.9 Å². The summed E-state index contributed by atoms with van der Waals surface area (Å²) in [5.41, 5.74) is 3.79. The van der Waals surface area contributed by atoms with E-state index in [9.17, 15) is 10.2 Å². The number of allylic oxidation sites excluding steroid dienone is 3. The van der Waals surface area contributed by atoms with Gasteiger partial charge in [0.1, 0.15) is 0 Å². The molecule has 0 heterocycles. The van der Waals surface area contributed by atoms with E-state index >= 15 is 0 Å². The van der Waals surface area contributed by atoms with Gasteiger partial charge in [0.05, 0.1) is 17.8 Å². The van der Waals surface area contributed by atoms with Gasteiger partial charge in [-0.1, -0.05) is 51.0 Å². The molecule has 0 aliphatic heterocycles. The lowest BCUT2D eigenvalue weighted by Gasteiger charge is -2.44. The van der Waals surface area contributed by atoms with Gasteiger partial charge >= 0.3 is 0 Å². The van der Waals surface area contributed by atoms with Crippen molar-refractivity contribution >= 4 is 8.32 Å². The van der Waals surface area contributed by atoms with Crippen molar-refractivity contribution in [2.45, 2.75) is 129 Å². The minimum absolute atomic E-state index is 0.00910. The van der Waals surface area contributed by atoms with Crippen molar-refractivity contribution in [3.8, 4) is 0 Å². The maximum Gasteiger partial charge on any atom is 0.184 e. The highest BCUT2D eigenvalue weighted by atomic mass is 28.4. The van der Waals surface area contributed by atoms with E-state index in [-0.39, 0.29) is 5.60 Å². The Bertz CT molecular complexity index is 789. The summed E-state index contributed by atoms with van der Waals surface area (Å²) in [4.78, 5) is 0. The molecule has 0 amide bonds. The zero-order chi connectivity index (χ0) is 25.3. The van der Waals surface area contributed by atoms with E-state index < -0.39 is 20.5 Å². The fourth-order valence-corrected chi connectivity index (χ4v) is 9.37. The van der Waals surface area contributed by atoms with Crippen LogP contribution in [0.15, 0.2) is 35.5 Å². The SMILES string of the molecule is C=C1/C(=C/C=C2\CCC[C@]3(C)[C@@H]([C@H](C)CCCC(C)(C)O[Si](C)(C)C)CC[C@@H]23)C[C@@H](O)C[C@@H]1O. The van der Waals surface area contributed by atoms with Gasteiger partial charge in [0.2, 0.25) is 0 Å². The zero-order valence-corrected chi connectivity index (χ0v) is 24.1. The molecular formula is C30H52O3Si. The zero-order valence-electron chi connectivity index (χ0n) is 23.1. The number of aliphatic hydroxyl groups excluding tert-OH is 2. The lowest BCUT2D eigenvalue weighted by Crippen LogP contribution is -2.38. The van der Waals surface area contributed by atoms with Crippen LogP contribution in [0.5, 0.6) is 0 Å². The molecule has 3 nitrogen and oxygen atoms in total. The Labute approximate surface area is 210 Å². The summed E-state index contributed by atoms with van der Waals surface area (Å²) in [6.45, 7) is 20.6. The van der Waals surface area contributed by atoms with Gasteiger partial charge in [-0.15, -0.1) is 0 Å². The average molecular weight is 489 g/mol. The van der Waals surface area contributed by atoms with Gasteiger partial charge in [-0.2, -0.15) is 0 Å². The molecule has 2 N–H and O–H groups in total. The Hall–Kier alpha value is -0.683. The fraction of sp³-hybridized carbons (Fsp3) is 0.800. The summed E-state index contributed by atoms with van der Waals surface area (Å²) in [6.07, 6.45) is 14.6. The van der Waals surface area contributed by atoms with Crippen LogP contribution >= 0.6 is 0 Å². The number of rotatable bonds is 8. The Morgan fingerprint density at radius 1 is 1.21 bits per heavy atom. The van der Waals surface area contributed by atoms with E-state index in [0.717, 1.165) is 29.4 Å². The van der Waals surface area contributed by atoms with Gasteiger partial charge in [-0.25, -0.2) is 0 Å². The Morgan fingerprint density at radius 2 is 1.91 bits per heavy atom. The van der Waals surface area contributed by atoms with Crippen LogP contribution in [0.4, 0.5) is 0 Å².